The van der Waals surface area contributed by atoms with Gasteiger partial charge in [0.1, 0.15) is 18.1 Å². The van der Waals surface area contributed by atoms with Crippen LogP contribution in [0.15, 0.2) is 59.4 Å². The minimum absolute atomic E-state index is 0.0151. The molecule has 1 saturated heterocycles. The van der Waals surface area contributed by atoms with Gasteiger partial charge in [0.15, 0.2) is 0 Å². The van der Waals surface area contributed by atoms with Crippen molar-refractivity contribution in [3.8, 4) is 11.6 Å². The lowest BCUT2D eigenvalue weighted by atomic mass is 9.89. The lowest BCUT2D eigenvalue weighted by Crippen LogP contribution is -2.36. The summed E-state index contributed by atoms with van der Waals surface area (Å²) in [6, 6.07) is 16.3. The number of para-hydroxylation sites is 1. The van der Waals surface area contributed by atoms with Crippen molar-refractivity contribution in [1.29, 1.82) is 0 Å². The van der Waals surface area contributed by atoms with Gasteiger partial charge in [-0.25, -0.2) is 4.79 Å². The third-order valence-corrected chi connectivity index (χ3v) is 6.51. The number of nitrogens with zero attached hydrogens (tertiary/aromatic N) is 1. The van der Waals surface area contributed by atoms with Crippen molar-refractivity contribution in [3.05, 3.63) is 87.6 Å². The lowest BCUT2D eigenvalue weighted by Gasteiger charge is -2.30. The van der Waals surface area contributed by atoms with E-state index >= 15 is 0 Å². The molecule has 1 atom stereocenters. The number of H-pyrrole nitrogens is 2. The molecule has 186 valence electrons. The highest BCUT2D eigenvalue weighted by atomic mass is 16.5. The van der Waals surface area contributed by atoms with E-state index in [9.17, 15) is 14.7 Å². The lowest BCUT2D eigenvalue weighted by molar-refractivity contribution is 0.0505. The normalized spacial score (nSPS) is 15.0. The van der Waals surface area contributed by atoms with Crippen molar-refractivity contribution in [2.45, 2.75) is 32.4 Å². The Bertz CT molecular complexity index is 1420. The molecule has 36 heavy (non-hydrogen) atoms. The van der Waals surface area contributed by atoms with Gasteiger partial charge in [0.25, 0.3) is 5.91 Å². The number of hydrogen-bond acceptors (Lipinski definition) is 6. The number of fused-ring (bicyclic) bond motifs is 1. The summed E-state index contributed by atoms with van der Waals surface area (Å²) in [6.07, 6.45) is 1.40. The van der Waals surface area contributed by atoms with E-state index in [0.717, 1.165) is 22.2 Å². The van der Waals surface area contributed by atoms with Crippen LogP contribution in [0.2, 0.25) is 0 Å². The van der Waals surface area contributed by atoms with Gasteiger partial charge in [-0.15, -0.1) is 0 Å². The van der Waals surface area contributed by atoms with Gasteiger partial charge in [0.2, 0.25) is 5.88 Å². The second-order valence-electron chi connectivity index (χ2n) is 9.00. The monoisotopic (exact) mass is 488 g/mol. The number of ether oxygens (including phenoxy) is 2. The van der Waals surface area contributed by atoms with Crippen molar-refractivity contribution in [2.24, 2.45) is 5.92 Å². The maximum atomic E-state index is 13.1. The second-order valence-corrected chi connectivity index (χ2v) is 9.00. The first-order valence-electron chi connectivity index (χ1n) is 12.0. The molecule has 2 aromatic heterocycles. The van der Waals surface area contributed by atoms with Crippen LogP contribution in [0.4, 0.5) is 0 Å². The van der Waals surface area contributed by atoms with E-state index < -0.39 is 11.7 Å². The number of carbonyl (C=O) groups is 1. The molecule has 0 bridgehead atoms. The third-order valence-electron chi connectivity index (χ3n) is 6.51. The van der Waals surface area contributed by atoms with E-state index in [1.807, 2.05) is 37.3 Å². The molecule has 1 aliphatic rings. The van der Waals surface area contributed by atoms with Gasteiger partial charge in [0, 0.05) is 35.4 Å². The highest BCUT2D eigenvalue weighted by Gasteiger charge is 2.31. The van der Waals surface area contributed by atoms with Crippen LogP contribution in [0.1, 0.15) is 46.2 Å². The minimum Gasteiger partial charge on any atom is -0.493 e. The quantitative estimate of drug-likeness (QED) is 0.314. The van der Waals surface area contributed by atoms with Crippen LogP contribution >= 0.6 is 0 Å². The molecule has 0 saturated carbocycles. The Morgan fingerprint density at radius 1 is 1.17 bits per heavy atom. The van der Waals surface area contributed by atoms with E-state index in [0.29, 0.717) is 44.0 Å². The first-order valence-corrected chi connectivity index (χ1v) is 12.0. The third kappa shape index (κ3) is 5.11. The first-order chi connectivity index (χ1) is 17.5. The highest BCUT2D eigenvalue weighted by Crippen LogP contribution is 2.32. The zero-order valence-corrected chi connectivity index (χ0v) is 19.9. The Labute approximate surface area is 207 Å². The number of aromatic nitrogens is 3. The number of imidazole rings is 1. The fraction of sp³-hybridized carbons (Fsp3) is 0.296. The summed E-state index contributed by atoms with van der Waals surface area (Å²) in [4.78, 5) is 34.3. The molecule has 5 rings (SSSR count). The van der Waals surface area contributed by atoms with Crippen molar-refractivity contribution in [1.82, 2.24) is 20.3 Å². The standard InChI is InChI=1S/C27H28N4O5/c1-16-14-19(21-4-2-3-5-22(21)28-16)15-36-20-8-6-18(7-9-20)25(32)29-23(17-10-12-35-13-11-17)24-26(33)31-27(34)30-24/h2-9,14,17,23,33H,10-13,15H2,1H3,(H,29,32)(H2,30,31,34). The topological polar surface area (TPSA) is 129 Å². The summed E-state index contributed by atoms with van der Waals surface area (Å²) in [7, 11) is 0. The van der Waals surface area contributed by atoms with Crippen LogP contribution in [-0.2, 0) is 11.3 Å². The molecule has 0 aliphatic carbocycles. The molecule has 9 nitrogen and oxygen atoms in total. The highest BCUT2D eigenvalue weighted by molar-refractivity contribution is 5.94. The molecule has 1 aliphatic heterocycles. The number of hydrogen-bond donors (Lipinski definition) is 4. The molecule has 0 radical (unpaired) electrons. The molecule has 0 spiro atoms. The van der Waals surface area contributed by atoms with Crippen molar-refractivity contribution in [3.63, 3.8) is 0 Å². The van der Waals surface area contributed by atoms with E-state index in [4.69, 9.17) is 9.47 Å². The minimum atomic E-state index is -0.556. The fourth-order valence-corrected chi connectivity index (χ4v) is 4.69. The number of carbonyl (C=O) groups excluding carboxylic acids is 1. The van der Waals surface area contributed by atoms with Gasteiger partial charge in [-0.2, -0.15) is 0 Å². The zero-order valence-electron chi connectivity index (χ0n) is 19.9. The van der Waals surface area contributed by atoms with Crippen LogP contribution in [0, 0.1) is 12.8 Å². The molecule has 3 heterocycles. The van der Waals surface area contributed by atoms with Gasteiger partial charge in [-0.05, 0) is 62.1 Å². The zero-order chi connectivity index (χ0) is 25.1. The number of rotatable bonds is 7. The second kappa shape index (κ2) is 10.2. The van der Waals surface area contributed by atoms with Gasteiger partial charge in [0.05, 0.1) is 11.6 Å². The fourth-order valence-electron chi connectivity index (χ4n) is 4.69. The number of aromatic hydroxyl groups is 1. The van der Waals surface area contributed by atoms with Crippen molar-refractivity contribution in [2.75, 3.05) is 13.2 Å². The van der Waals surface area contributed by atoms with Gasteiger partial charge in [-0.3, -0.25) is 14.8 Å². The van der Waals surface area contributed by atoms with E-state index in [2.05, 4.69) is 20.3 Å². The molecule has 2 aromatic carbocycles. The van der Waals surface area contributed by atoms with Gasteiger partial charge in [-0.1, -0.05) is 18.2 Å². The van der Waals surface area contributed by atoms with E-state index in [-0.39, 0.29) is 23.4 Å². The summed E-state index contributed by atoms with van der Waals surface area (Å²) in [5, 5.41) is 14.2. The Kier molecular flexibility index (Phi) is 6.73. The Hall–Kier alpha value is -4.11. The Morgan fingerprint density at radius 2 is 1.92 bits per heavy atom. The summed E-state index contributed by atoms with van der Waals surface area (Å²) in [5.41, 5.74) is 3.10. The van der Waals surface area contributed by atoms with Crippen molar-refractivity contribution < 1.29 is 19.4 Å². The van der Waals surface area contributed by atoms with Crippen molar-refractivity contribution >= 4 is 16.8 Å². The van der Waals surface area contributed by atoms with Crippen LogP contribution < -0.4 is 15.7 Å². The maximum absolute atomic E-state index is 13.1. The molecule has 4 aromatic rings. The van der Waals surface area contributed by atoms with Gasteiger partial charge >= 0.3 is 5.69 Å². The summed E-state index contributed by atoms with van der Waals surface area (Å²) in [6.45, 7) is 3.46. The number of amides is 1. The molecule has 1 unspecified atom stereocenters. The number of aryl methyl sites for hydroxylation is 1. The number of nitrogens with one attached hydrogen (secondary N) is 3. The van der Waals surface area contributed by atoms with Gasteiger partial charge < -0.3 is 24.9 Å². The molecule has 4 N–H and O–H groups in total. The molecular formula is C27H28N4O5. The summed E-state index contributed by atoms with van der Waals surface area (Å²) >= 11 is 0. The number of aromatic amines is 2. The van der Waals surface area contributed by atoms with Crippen LogP contribution in [0.3, 0.4) is 0 Å². The molecule has 1 amide bonds. The SMILES string of the molecule is Cc1cc(COc2ccc(C(=O)NC(c3[nH]c(=O)[nH]c3O)C3CCOCC3)cc2)c2ccccc2n1. The van der Waals surface area contributed by atoms with Crippen LogP contribution in [0.25, 0.3) is 10.9 Å². The van der Waals surface area contributed by atoms with Crippen LogP contribution in [0.5, 0.6) is 11.6 Å². The molecule has 9 heteroatoms. The molecule has 1 fully saturated rings. The van der Waals surface area contributed by atoms with E-state index in [1.165, 1.54) is 0 Å². The Balaban J connectivity index is 1.29. The number of pyridine rings is 1. The number of benzene rings is 2. The van der Waals surface area contributed by atoms with Crippen LogP contribution in [-0.4, -0.2) is 39.2 Å². The Morgan fingerprint density at radius 3 is 2.64 bits per heavy atom. The predicted molar refractivity (Wildman–Crippen MR) is 134 cm³/mol. The first kappa shape index (κ1) is 23.6. The molecular weight excluding hydrogens is 460 g/mol. The average molecular weight is 489 g/mol. The summed E-state index contributed by atoms with van der Waals surface area (Å²) < 4.78 is 11.4. The smallest absolute Gasteiger partial charge is 0.326 e. The maximum Gasteiger partial charge on any atom is 0.326 e. The average Bonchev–Trinajstić information content (AvgIpc) is 3.23. The van der Waals surface area contributed by atoms with E-state index in [1.54, 1.807) is 24.3 Å². The largest absolute Gasteiger partial charge is 0.493 e. The summed E-state index contributed by atoms with van der Waals surface area (Å²) in [5.74, 6) is 0.0784. The predicted octanol–water partition coefficient (Wildman–Crippen LogP) is 3.74.